The number of carbonyl (C=O) groups is 2. The number of amides is 1. The molecule has 0 aliphatic rings. The molecule has 1 aromatic heterocycles. The van der Waals surface area contributed by atoms with Crippen molar-refractivity contribution in [3.63, 3.8) is 0 Å². The van der Waals surface area contributed by atoms with Crippen molar-refractivity contribution in [2.24, 2.45) is 5.73 Å². The van der Waals surface area contributed by atoms with Gasteiger partial charge >= 0.3 is 5.97 Å². The van der Waals surface area contributed by atoms with E-state index in [4.69, 9.17) is 14.9 Å². The first-order valence-electron chi connectivity index (χ1n) is 6.45. The van der Waals surface area contributed by atoms with E-state index >= 15 is 0 Å². The predicted octanol–water partition coefficient (Wildman–Crippen LogP) is 2.62. The van der Waals surface area contributed by atoms with E-state index in [1.807, 2.05) is 0 Å². The summed E-state index contributed by atoms with van der Waals surface area (Å²) in [6.07, 6.45) is 2.73. The fourth-order valence-electron chi connectivity index (χ4n) is 1.75. The monoisotopic (exact) mass is 285 g/mol. The van der Waals surface area contributed by atoms with Crippen molar-refractivity contribution in [2.45, 2.75) is 6.92 Å². The largest absolute Gasteiger partial charge is 0.462 e. The minimum atomic E-state index is -0.535. The summed E-state index contributed by atoms with van der Waals surface area (Å²) in [4.78, 5) is 22.2. The molecular weight excluding hydrogens is 270 g/mol. The van der Waals surface area contributed by atoms with Crippen LogP contribution in [0.15, 0.2) is 46.9 Å². The van der Waals surface area contributed by atoms with Crippen LogP contribution in [-0.2, 0) is 9.53 Å². The predicted molar refractivity (Wildman–Crippen MR) is 78.3 cm³/mol. The van der Waals surface area contributed by atoms with Gasteiger partial charge in [-0.2, -0.15) is 0 Å². The van der Waals surface area contributed by atoms with E-state index in [0.29, 0.717) is 23.7 Å². The maximum absolute atomic E-state index is 11.5. The van der Waals surface area contributed by atoms with Crippen LogP contribution in [0.5, 0.6) is 0 Å². The highest BCUT2D eigenvalue weighted by molar-refractivity contribution is 5.90. The van der Waals surface area contributed by atoms with Gasteiger partial charge in [0.2, 0.25) is 5.91 Å². The van der Waals surface area contributed by atoms with Gasteiger partial charge in [-0.3, -0.25) is 4.79 Å². The van der Waals surface area contributed by atoms with Crippen molar-refractivity contribution in [3.05, 3.63) is 53.8 Å². The maximum Gasteiger partial charge on any atom is 0.338 e. The molecule has 5 nitrogen and oxygen atoms in total. The minimum absolute atomic E-state index is 0.342. The second kappa shape index (κ2) is 6.56. The quantitative estimate of drug-likeness (QED) is 0.676. The average Bonchev–Trinajstić information content (AvgIpc) is 2.94. The molecular formula is C16H15NO4. The Bertz CT molecular complexity index is 668. The summed E-state index contributed by atoms with van der Waals surface area (Å²) < 4.78 is 10.5. The van der Waals surface area contributed by atoms with Gasteiger partial charge in [0.05, 0.1) is 12.2 Å². The molecule has 1 aromatic carbocycles. The number of primary amides is 1. The molecule has 1 heterocycles. The zero-order chi connectivity index (χ0) is 15.2. The summed E-state index contributed by atoms with van der Waals surface area (Å²) in [7, 11) is 0. The van der Waals surface area contributed by atoms with Crippen LogP contribution in [0.2, 0.25) is 0 Å². The Morgan fingerprint density at radius 2 is 1.90 bits per heavy atom. The molecule has 2 rings (SSSR count). The van der Waals surface area contributed by atoms with Crippen molar-refractivity contribution < 1.29 is 18.7 Å². The fourth-order valence-corrected chi connectivity index (χ4v) is 1.75. The molecule has 0 aliphatic carbocycles. The number of hydrogen-bond donors (Lipinski definition) is 1. The summed E-state index contributed by atoms with van der Waals surface area (Å²) in [6, 6.07) is 10.4. The molecule has 0 atom stereocenters. The standard InChI is InChI=1S/C16H15NO4/c1-2-20-16(19)12-5-3-11(4-6-12)14-9-7-13(21-14)8-10-15(17)18/h3-10H,2H2,1H3,(H2,17,18)/b10-8-. The number of carbonyl (C=O) groups excluding carboxylic acids is 2. The zero-order valence-corrected chi connectivity index (χ0v) is 11.5. The Morgan fingerprint density at radius 3 is 2.52 bits per heavy atom. The van der Waals surface area contributed by atoms with Crippen molar-refractivity contribution >= 4 is 18.0 Å². The first kappa shape index (κ1) is 14.6. The van der Waals surface area contributed by atoms with Gasteiger partial charge in [0.25, 0.3) is 0 Å². The summed E-state index contributed by atoms with van der Waals surface area (Å²) in [5, 5.41) is 0. The topological polar surface area (TPSA) is 82.5 Å². The lowest BCUT2D eigenvalue weighted by Gasteiger charge is -2.02. The maximum atomic E-state index is 11.5. The van der Waals surface area contributed by atoms with E-state index in [9.17, 15) is 9.59 Å². The first-order valence-corrected chi connectivity index (χ1v) is 6.45. The molecule has 0 spiro atoms. The summed E-state index contributed by atoms with van der Waals surface area (Å²) >= 11 is 0. The fraction of sp³-hybridized carbons (Fsp3) is 0.125. The van der Waals surface area contributed by atoms with Gasteiger partial charge in [0, 0.05) is 11.6 Å². The number of rotatable bonds is 5. The van der Waals surface area contributed by atoms with Crippen LogP contribution in [-0.4, -0.2) is 18.5 Å². The van der Waals surface area contributed by atoms with Gasteiger partial charge in [-0.25, -0.2) is 4.79 Å². The minimum Gasteiger partial charge on any atom is -0.462 e. The smallest absolute Gasteiger partial charge is 0.338 e. The van der Waals surface area contributed by atoms with Gasteiger partial charge in [0.15, 0.2) is 0 Å². The third-order valence-electron chi connectivity index (χ3n) is 2.72. The number of esters is 1. The first-order chi connectivity index (χ1) is 10.1. The summed E-state index contributed by atoms with van der Waals surface area (Å²) in [5.74, 6) is 0.271. The van der Waals surface area contributed by atoms with E-state index in [1.165, 1.54) is 12.2 Å². The lowest BCUT2D eigenvalue weighted by Crippen LogP contribution is -2.04. The van der Waals surface area contributed by atoms with E-state index in [1.54, 1.807) is 43.3 Å². The molecule has 0 saturated heterocycles. The Hall–Kier alpha value is -2.82. The van der Waals surface area contributed by atoms with Crippen molar-refractivity contribution in [2.75, 3.05) is 6.61 Å². The Morgan fingerprint density at radius 1 is 1.19 bits per heavy atom. The molecule has 0 aliphatic heterocycles. The van der Waals surface area contributed by atoms with Crippen LogP contribution in [0.4, 0.5) is 0 Å². The molecule has 2 aromatic rings. The van der Waals surface area contributed by atoms with Crippen molar-refractivity contribution in [1.82, 2.24) is 0 Å². The van der Waals surface area contributed by atoms with Crippen LogP contribution in [0.3, 0.4) is 0 Å². The average molecular weight is 285 g/mol. The second-order valence-corrected chi connectivity index (χ2v) is 4.24. The van der Waals surface area contributed by atoms with E-state index < -0.39 is 5.91 Å². The molecule has 0 saturated carbocycles. The van der Waals surface area contributed by atoms with Gasteiger partial charge in [0.1, 0.15) is 11.5 Å². The van der Waals surface area contributed by atoms with Gasteiger partial charge < -0.3 is 14.9 Å². The molecule has 108 valence electrons. The molecule has 2 N–H and O–H groups in total. The van der Waals surface area contributed by atoms with E-state index in [-0.39, 0.29) is 5.97 Å². The Balaban J connectivity index is 2.15. The van der Waals surface area contributed by atoms with Gasteiger partial charge in [-0.15, -0.1) is 0 Å². The van der Waals surface area contributed by atoms with Gasteiger partial charge in [-0.05, 0) is 37.3 Å². The third kappa shape index (κ3) is 3.82. The van der Waals surface area contributed by atoms with Crippen LogP contribution in [0.25, 0.3) is 17.4 Å². The molecule has 0 radical (unpaired) electrons. The normalized spacial score (nSPS) is 10.7. The number of hydrogen-bond acceptors (Lipinski definition) is 4. The van der Waals surface area contributed by atoms with Crippen molar-refractivity contribution in [3.8, 4) is 11.3 Å². The van der Waals surface area contributed by atoms with Crippen LogP contribution in [0.1, 0.15) is 23.0 Å². The molecule has 5 heteroatoms. The molecule has 21 heavy (non-hydrogen) atoms. The Labute approximate surface area is 122 Å². The van der Waals surface area contributed by atoms with Gasteiger partial charge in [-0.1, -0.05) is 12.1 Å². The van der Waals surface area contributed by atoms with E-state index in [0.717, 1.165) is 5.56 Å². The van der Waals surface area contributed by atoms with Crippen molar-refractivity contribution in [1.29, 1.82) is 0 Å². The van der Waals surface area contributed by atoms with Crippen LogP contribution in [0, 0.1) is 0 Å². The number of benzene rings is 1. The van der Waals surface area contributed by atoms with E-state index in [2.05, 4.69) is 0 Å². The highest BCUT2D eigenvalue weighted by Gasteiger charge is 2.08. The lowest BCUT2D eigenvalue weighted by atomic mass is 10.1. The molecule has 0 unspecified atom stereocenters. The number of furan rings is 1. The van der Waals surface area contributed by atoms with Crippen LogP contribution >= 0.6 is 0 Å². The SMILES string of the molecule is CCOC(=O)c1ccc(-c2ccc(/C=C\C(N)=O)o2)cc1. The lowest BCUT2D eigenvalue weighted by molar-refractivity contribution is -0.113. The van der Waals surface area contributed by atoms with Crippen LogP contribution < -0.4 is 5.73 Å². The highest BCUT2D eigenvalue weighted by Crippen LogP contribution is 2.23. The second-order valence-electron chi connectivity index (χ2n) is 4.24. The molecule has 0 fully saturated rings. The zero-order valence-electron chi connectivity index (χ0n) is 11.5. The Kier molecular flexibility index (Phi) is 4.56. The number of nitrogens with two attached hydrogens (primary N) is 1. The number of ether oxygens (including phenoxy) is 1. The third-order valence-corrected chi connectivity index (χ3v) is 2.72. The molecule has 0 bridgehead atoms. The summed E-state index contributed by atoms with van der Waals surface area (Å²) in [5.41, 5.74) is 6.32. The molecule has 1 amide bonds. The highest BCUT2D eigenvalue weighted by atomic mass is 16.5. The summed E-state index contributed by atoms with van der Waals surface area (Å²) in [6.45, 7) is 2.10.